The summed E-state index contributed by atoms with van der Waals surface area (Å²) >= 11 is 7.58. The topological polar surface area (TPSA) is 35.0 Å². The number of halogens is 1. The van der Waals surface area contributed by atoms with Crippen LogP contribution < -0.4 is 4.74 Å². The highest BCUT2D eigenvalue weighted by Gasteiger charge is 2.07. The van der Waals surface area contributed by atoms with Gasteiger partial charge in [0.15, 0.2) is 0 Å². The van der Waals surface area contributed by atoms with Gasteiger partial charge < -0.3 is 4.74 Å². The predicted molar refractivity (Wildman–Crippen MR) is 70.1 cm³/mol. The highest BCUT2D eigenvalue weighted by molar-refractivity contribution is 7.98. The van der Waals surface area contributed by atoms with E-state index in [2.05, 4.69) is 9.97 Å². The highest BCUT2D eigenvalue weighted by atomic mass is 35.5. The quantitative estimate of drug-likeness (QED) is 0.622. The molecule has 0 bridgehead atoms. The summed E-state index contributed by atoms with van der Waals surface area (Å²) in [5, 5.41) is 0.413. The summed E-state index contributed by atoms with van der Waals surface area (Å²) in [6.07, 6.45) is 3.42. The zero-order valence-corrected chi connectivity index (χ0v) is 11.0. The average Bonchev–Trinajstić information content (AvgIpc) is 2.36. The molecule has 0 radical (unpaired) electrons. The van der Waals surface area contributed by atoms with E-state index in [4.69, 9.17) is 16.3 Å². The van der Waals surface area contributed by atoms with Gasteiger partial charge >= 0.3 is 0 Å². The first kappa shape index (κ1) is 12.2. The molecule has 0 N–H and O–H groups in total. The monoisotopic (exact) mass is 266 g/mol. The Morgan fingerprint density at radius 3 is 2.53 bits per heavy atom. The predicted octanol–water partition coefficient (Wildman–Crippen LogP) is 3.95. The molecule has 0 aliphatic carbocycles. The van der Waals surface area contributed by atoms with E-state index in [0.717, 1.165) is 11.3 Å². The lowest BCUT2D eigenvalue weighted by atomic mass is 10.3. The third-order valence-corrected chi connectivity index (χ3v) is 3.37. The summed E-state index contributed by atoms with van der Waals surface area (Å²) in [6.45, 7) is 1.83. The van der Waals surface area contributed by atoms with Gasteiger partial charge in [0.05, 0.1) is 0 Å². The van der Waals surface area contributed by atoms with Crippen LogP contribution in [0.5, 0.6) is 11.6 Å². The fourth-order valence-corrected chi connectivity index (χ4v) is 1.80. The van der Waals surface area contributed by atoms with Crippen LogP contribution >= 0.6 is 23.4 Å². The molecule has 0 aliphatic rings. The van der Waals surface area contributed by atoms with Crippen LogP contribution in [0.4, 0.5) is 0 Å². The van der Waals surface area contributed by atoms with Crippen molar-refractivity contribution >= 4 is 23.4 Å². The van der Waals surface area contributed by atoms with Crippen molar-refractivity contribution in [3.8, 4) is 11.6 Å². The molecule has 1 aromatic heterocycles. The van der Waals surface area contributed by atoms with E-state index in [9.17, 15) is 0 Å². The molecule has 17 heavy (non-hydrogen) atoms. The van der Waals surface area contributed by atoms with Crippen molar-refractivity contribution in [1.29, 1.82) is 0 Å². The molecule has 5 heteroatoms. The van der Waals surface area contributed by atoms with Crippen LogP contribution in [-0.2, 0) is 0 Å². The van der Waals surface area contributed by atoms with Crippen molar-refractivity contribution in [3.05, 3.63) is 41.3 Å². The van der Waals surface area contributed by atoms with Crippen LogP contribution in [0, 0.1) is 6.92 Å². The lowest BCUT2D eigenvalue weighted by Gasteiger charge is -2.07. The smallest absolute Gasteiger partial charge is 0.226 e. The van der Waals surface area contributed by atoms with Gasteiger partial charge in [0, 0.05) is 10.5 Å². The maximum absolute atomic E-state index is 5.89. The zero-order chi connectivity index (χ0) is 12.3. The van der Waals surface area contributed by atoms with Gasteiger partial charge in [-0.05, 0) is 37.4 Å². The van der Waals surface area contributed by atoms with Crippen molar-refractivity contribution < 1.29 is 4.74 Å². The number of hydrogen-bond acceptors (Lipinski definition) is 4. The molecule has 1 aromatic carbocycles. The first-order chi connectivity index (χ1) is 8.20. The fraction of sp³-hybridized carbons (Fsp3) is 0.167. The molecule has 0 atom stereocenters. The Hall–Kier alpha value is -1.26. The Labute approximate surface area is 109 Å². The van der Waals surface area contributed by atoms with E-state index in [0.29, 0.717) is 11.0 Å². The second-order valence-electron chi connectivity index (χ2n) is 3.37. The first-order valence-corrected chi connectivity index (χ1v) is 6.60. The first-order valence-electron chi connectivity index (χ1n) is 4.99. The molecule has 1 heterocycles. The molecule has 0 amide bonds. The summed E-state index contributed by atoms with van der Waals surface area (Å²) in [5.41, 5.74) is 0.739. The Balaban J connectivity index is 2.22. The molecular weight excluding hydrogens is 256 g/mol. The minimum Gasteiger partial charge on any atom is -0.439 e. The lowest BCUT2D eigenvalue weighted by molar-refractivity contribution is 0.457. The Morgan fingerprint density at radius 1 is 1.18 bits per heavy atom. The standard InChI is InChI=1S/C12H11ClN2OS/c1-8-11(13)14-7-15-12(8)16-9-3-5-10(17-2)6-4-9/h3-7H,1-2H3. The maximum atomic E-state index is 5.89. The van der Waals surface area contributed by atoms with Crippen molar-refractivity contribution in [3.63, 3.8) is 0 Å². The lowest BCUT2D eigenvalue weighted by Crippen LogP contribution is -1.93. The molecule has 88 valence electrons. The molecule has 0 saturated carbocycles. The highest BCUT2D eigenvalue weighted by Crippen LogP contribution is 2.27. The number of thioether (sulfide) groups is 1. The molecule has 0 fully saturated rings. The SMILES string of the molecule is CSc1ccc(Oc2ncnc(Cl)c2C)cc1. The normalized spacial score (nSPS) is 10.3. The summed E-state index contributed by atoms with van der Waals surface area (Å²) < 4.78 is 5.64. The Bertz CT molecular complexity index is 516. The minimum absolute atomic E-state index is 0.413. The van der Waals surface area contributed by atoms with Crippen molar-refractivity contribution in [1.82, 2.24) is 9.97 Å². The molecule has 0 spiro atoms. The molecule has 0 unspecified atom stereocenters. The van der Waals surface area contributed by atoms with Gasteiger partial charge in [-0.25, -0.2) is 9.97 Å². The molecule has 2 aromatic rings. The third-order valence-electron chi connectivity index (χ3n) is 2.25. The summed E-state index contributed by atoms with van der Waals surface area (Å²) in [6, 6.07) is 7.80. The minimum atomic E-state index is 0.413. The van der Waals surface area contributed by atoms with Crippen LogP contribution in [0.3, 0.4) is 0 Å². The van der Waals surface area contributed by atoms with Crippen LogP contribution in [0.2, 0.25) is 5.15 Å². The van der Waals surface area contributed by atoms with Crippen LogP contribution in [0.15, 0.2) is 35.5 Å². The number of aromatic nitrogens is 2. The summed E-state index contributed by atoms with van der Waals surface area (Å²) in [7, 11) is 0. The molecular formula is C12H11ClN2OS. The van der Waals surface area contributed by atoms with Crippen LogP contribution in [0.25, 0.3) is 0 Å². The van der Waals surface area contributed by atoms with E-state index >= 15 is 0 Å². The van der Waals surface area contributed by atoms with Gasteiger partial charge in [0.25, 0.3) is 0 Å². The van der Waals surface area contributed by atoms with Crippen molar-refractivity contribution in [2.24, 2.45) is 0 Å². The zero-order valence-electron chi connectivity index (χ0n) is 9.48. The van der Waals surface area contributed by atoms with Crippen molar-refractivity contribution in [2.45, 2.75) is 11.8 Å². The number of benzene rings is 1. The van der Waals surface area contributed by atoms with Gasteiger partial charge in [0.1, 0.15) is 17.2 Å². The van der Waals surface area contributed by atoms with E-state index in [1.165, 1.54) is 11.2 Å². The van der Waals surface area contributed by atoms with E-state index in [-0.39, 0.29) is 0 Å². The third kappa shape index (κ3) is 2.90. The molecule has 2 rings (SSSR count). The van der Waals surface area contributed by atoms with Gasteiger partial charge in [-0.3, -0.25) is 0 Å². The summed E-state index contributed by atoms with van der Waals surface area (Å²) in [4.78, 5) is 9.12. The summed E-state index contributed by atoms with van der Waals surface area (Å²) in [5.74, 6) is 1.22. The van der Waals surface area contributed by atoms with Crippen LogP contribution in [0.1, 0.15) is 5.56 Å². The number of rotatable bonds is 3. The van der Waals surface area contributed by atoms with Gasteiger partial charge in [-0.1, -0.05) is 11.6 Å². The average molecular weight is 267 g/mol. The fourth-order valence-electron chi connectivity index (χ4n) is 1.27. The molecule has 3 nitrogen and oxygen atoms in total. The van der Waals surface area contributed by atoms with Crippen molar-refractivity contribution in [2.75, 3.05) is 6.26 Å². The Morgan fingerprint density at radius 2 is 1.88 bits per heavy atom. The largest absolute Gasteiger partial charge is 0.439 e. The number of hydrogen-bond donors (Lipinski definition) is 0. The van der Waals surface area contributed by atoms with Gasteiger partial charge in [-0.15, -0.1) is 11.8 Å². The number of ether oxygens (including phenoxy) is 1. The van der Waals surface area contributed by atoms with E-state index in [1.807, 2.05) is 37.4 Å². The van der Waals surface area contributed by atoms with E-state index < -0.39 is 0 Å². The van der Waals surface area contributed by atoms with Gasteiger partial charge in [0.2, 0.25) is 5.88 Å². The van der Waals surface area contributed by atoms with Gasteiger partial charge in [-0.2, -0.15) is 0 Å². The van der Waals surface area contributed by atoms with Crippen LogP contribution in [-0.4, -0.2) is 16.2 Å². The molecule has 0 aliphatic heterocycles. The second kappa shape index (κ2) is 5.38. The van der Waals surface area contributed by atoms with E-state index in [1.54, 1.807) is 11.8 Å². The number of nitrogens with zero attached hydrogens (tertiary/aromatic N) is 2. The maximum Gasteiger partial charge on any atom is 0.226 e. The second-order valence-corrected chi connectivity index (χ2v) is 4.61. The Kier molecular flexibility index (Phi) is 3.86. The molecule has 0 saturated heterocycles.